The van der Waals surface area contributed by atoms with Crippen LogP contribution in [0.15, 0.2) is 58.7 Å². The molecule has 1 atom stereocenters. The van der Waals surface area contributed by atoms with Crippen LogP contribution in [-0.4, -0.2) is 84.8 Å². The number of benzene rings is 2. The first kappa shape index (κ1) is 47.2. The van der Waals surface area contributed by atoms with Gasteiger partial charge in [-0.1, -0.05) is 23.6 Å². The summed E-state index contributed by atoms with van der Waals surface area (Å²) in [4.78, 5) is 22.0. The van der Waals surface area contributed by atoms with Crippen LogP contribution in [0.5, 0.6) is 0 Å². The second kappa shape index (κ2) is 17.7. The van der Waals surface area contributed by atoms with Crippen LogP contribution in [0.2, 0.25) is 5.02 Å². The molecule has 0 saturated heterocycles. The Morgan fingerprint density at radius 3 is 2.30 bits per heavy atom. The third-order valence-corrected chi connectivity index (χ3v) is 14.4. The molecule has 12 nitrogen and oxygen atoms in total. The molecule has 338 valence electrons. The van der Waals surface area contributed by atoms with E-state index in [1.165, 1.54) is 38.1 Å². The molecule has 63 heavy (non-hydrogen) atoms. The molecule has 6 rings (SSSR count). The molecule has 4 aromatic rings. The third-order valence-electron chi connectivity index (χ3n) is 10.3. The Bertz CT molecular complexity index is 2820. The topological polar surface area (TPSA) is 178 Å². The Morgan fingerprint density at radius 1 is 1.05 bits per heavy atom. The van der Waals surface area contributed by atoms with E-state index in [2.05, 4.69) is 37.0 Å². The first-order chi connectivity index (χ1) is 29.3. The number of sulfone groups is 1. The van der Waals surface area contributed by atoms with Gasteiger partial charge in [0, 0.05) is 35.4 Å². The van der Waals surface area contributed by atoms with Gasteiger partial charge in [-0.15, -0.1) is 0 Å². The number of aromatic nitrogens is 3. The Morgan fingerprint density at radius 2 is 1.70 bits per heavy atom. The van der Waals surface area contributed by atoms with Crippen molar-refractivity contribution in [2.24, 2.45) is 10.7 Å². The molecular formula is C40H38ClF8N7O5S2. The van der Waals surface area contributed by atoms with Crippen LogP contribution in [-0.2, 0) is 37.6 Å². The second-order valence-corrected chi connectivity index (χ2v) is 20.4. The minimum Gasteiger partial charge on any atom is -0.397 e. The number of nitrogens with two attached hydrogens (primary N) is 1. The summed E-state index contributed by atoms with van der Waals surface area (Å²) in [5.74, 6) is -2.05. The maximum absolute atomic E-state index is 14.9. The highest BCUT2D eigenvalue weighted by molar-refractivity contribution is 7.93. The molecule has 1 unspecified atom stereocenters. The number of halogens is 9. The Labute approximate surface area is 361 Å². The predicted octanol–water partition coefficient (Wildman–Crippen LogP) is 7.12. The first-order valence-electron chi connectivity index (χ1n) is 18.9. The average molecular weight is 948 g/mol. The van der Waals surface area contributed by atoms with Gasteiger partial charge in [0.15, 0.2) is 15.7 Å². The van der Waals surface area contributed by atoms with Crippen LogP contribution >= 0.6 is 11.6 Å². The molecule has 2 aromatic carbocycles. The maximum atomic E-state index is 14.9. The van der Waals surface area contributed by atoms with Crippen molar-refractivity contribution >= 4 is 59.8 Å². The van der Waals surface area contributed by atoms with Gasteiger partial charge in [0.2, 0.25) is 15.9 Å². The van der Waals surface area contributed by atoms with Gasteiger partial charge < -0.3 is 11.1 Å². The number of sulfonamides is 1. The van der Waals surface area contributed by atoms with Crippen molar-refractivity contribution in [3.8, 4) is 23.0 Å². The van der Waals surface area contributed by atoms with Crippen molar-refractivity contribution in [1.29, 1.82) is 0 Å². The summed E-state index contributed by atoms with van der Waals surface area (Å²) in [7, 11) is -7.83. The minimum atomic E-state index is -4.04. The fourth-order valence-electron chi connectivity index (χ4n) is 6.71. The lowest BCUT2D eigenvalue weighted by Crippen LogP contribution is -2.34. The van der Waals surface area contributed by atoms with E-state index in [9.17, 15) is 56.8 Å². The van der Waals surface area contributed by atoms with Crippen molar-refractivity contribution < 1.29 is 56.8 Å². The molecule has 4 N–H and O–H groups in total. The van der Waals surface area contributed by atoms with Crippen LogP contribution in [0.4, 0.5) is 40.9 Å². The first-order valence-corrected chi connectivity index (χ1v) is 22.8. The van der Waals surface area contributed by atoms with Crippen LogP contribution < -0.4 is 15.8 Å². The summed E-state index contributed by atoms with van der Waals surface area (Å²) in [6.45, 7) is 0.455. The van der Waals surface area contributed by atoms with E-state index in [0.29, 0.717) is 18.9 Å². The zero-order valence-corrected chi connectivity index (χ0v) is 35.8. The fraction of sp³-hybridized carbons (Fsp3) is 0.400. The van der Waals surface area contributed by atoms with Gasteiger partial charge in [0.1, 0.15) is 40.9 Å². The lowest BCUT2D eigenvalue weighted by molar-refractivity contribution is -0.120. The highest BCUT2D eigenvalue weighted by Crippen LogP contribution is 2.42. The highest BCUT2D eigenvalue weighted by atomic mass is 35.5. The van der Waals surface area contributed by atoms with Crippen LogP contribution in [0.3, 0.4) is 0 Å². The van der Waals surface area contributed by atoms with Gasteiger partial charge in [-0.3, -0.25) is 19.2 Å². The molecule has 2 aliphatic rings. The number of carbonyl (C=O) groups is 1. The molecule has 2 aromatic heterocycles. The van der Waals surface area contributed by atoms with Crippen molar-refractivity contribution in [3.63, 3.8) is 0 Å². The number of allylic oxidation sites excluding steroid dienone is 2. The van der Waals surface area contributed by atoms with Gasteiger partial charge in [-0.2, -0.15) is 13.9 Å². The summed E-state index contributed by atoms with van der Waals surface area (Å²) in [5, 5.41) is 5.69. The quantitative estimate of drug-likeness (QED) is 0.0884. The van der Waals surface area contributed by atoms with Gasteiger partial charge in [-0.25, -0.2) is 48.2 Å². The highest BCUT2D eigenvalue weighted by Gasteiger charge is 2.45. The Kier molecular flexibility index (Phi) is 13.3. The monoisotopic (exact) mass is 947 g/mol. The molecule has 2 fully saturated rings. The average Bonchev–Trinajstić information content (AvgIpc) is 3.92. The molecular weight excluding hydrogens is 910 g/mol. The van der Waals surface area contributed by atoms with Gasteiger partial charge in [0.05, 0.1) is 38.6 Å². The normalized spacial score (nSPS) is 17.6. The molecule has 0 radical (unpaired) electrons. The molecule has 0 bridgehead atoms. The van der Waals surface area contributed by atoms with E-state index in [-0.39, 0.29) is 49.8 Å². The Balaban J connectivity index is 1.58. The number of pyridine rings is 1. The zero-order chi connectivity index (χ0) is 46.4. The lowest BCUT2D eigenvalue weighted by atomic mass is 9.93. The van der Waals surface area contributed by atoms with Crippen molar-refractivity contribution in [2.75, 3.05) is 17.5 Å². The number of nitrogens with one attached hydrogen (secondary N) is 2. The van der Waals surface area contributed by atoms with Crippen molar-refractivity contribution in [1.82, 2.24) is 20.1 Å². The van der Waals surface area contributed by atoms with Gasteiger partial charge in [0.25, 0.3) is 18.8 Å². The maximum Gasteiger partial charge on any atom is 0.289 e. The molecule has 2 saturated carbocycles. The smallest absolute Gasteiger partial charge is 0.289 e. The number of carbonyl (C=O) groups excluding carboxylic acids is 1. The summed E-state index contributed by atoms with van der Waals surface area (Å²) < 4.78 is 167. The summed E-state index contributed by atoms with van der Waals surface area (Å²) in [5.41, 5.74) is 1.90. The summed E-state index contributed by atoms with van der Waals surface area (Å²) in [6, 6.07) is 6.18. The number of fused-ring (bicyclic) bond motifs is 1. The SMILES string of the molecule is CC(C)(C#Cc1ccc(-c2ccc(Cl)c3c(NS(=O)(=O)C4CC4)nn(CC(F)F)c23)c(C(Cc2cc(F)cc(F)c2)NC(=O)CN=C2/C(=C(\N)C(F)F)CCC2(F)F)n1)S(C)(=O)=O. The Hall–Kier alpha value is -5.27. The lowest BCUT2D eigenvalue weighted by Gasteiger charge is -2.23. The standard InChI is InChI=1S/C40H38ClF8N7O5S2/c1-39(2,62(3,58)59)12-10-23-4-7-25(26-8-9-28(41)32-35(26)56(19-30(44)45)54-38(32)55-63(60,61)24-5-6-24)34(52-23)29(16-20-14-21(42)17-22(43)15-20)53-31(57)18-51-36-27(33(50)37(46)47)11-13-40(36,48)49/h4,7-9,14-15,17,24,29-30,37H,5-6,11,13,16,18-19,50H2,1-3H3,(H,53,57)(H,54,55)/b33-27-,51-36?. The molecule has 1 amide bonds. The molecule has 0 spiro atoms. The molecule has 0 aliphatic heterocycles. The minimum absolute atomic E-state index is 0.00524. The molecule has 2 heterocycles. The van der Waals surface area contributed by atoms with E-state index in [0.717, 1.165) is 23.1 Å². The number of hydrogen-bond donors (Lipinski definition) is 3. The van der Waals surface area contributed by atoms with Crippen molar-refractivity contribution in [2.45, 2.75) is 87.3 Å². The number of aliphatic imine (C=N–C) groups is 1. The van der Waals surface area contributed by atoms with Crippen molar-refractivity contribution in [3.05, 3.63) is 87.3 Å². The van der Waals surface area contributed by atoms with Crippen LogP contribution in [0.1, 0.15) is 62.5 Å². The number of anilines is 1. The van der Waals surface area contributed by atoms with Gasteiger partial charge >= 0.3 is 0 Å². The number of nitrogens with zero attached hydrogens (tertiary/aromatic N) is 4. The van der Waals surface area contributed by atoms with E-state index in [4.69, 9.17) is 17.3 Å². The largest absolute Gasteiger partial charge is 0.397 e. The van der Waals surface area contributed by atoms with Crippen LogP contribution in [0.25, 0.3) is 22.0 Å². The number of amides is 1. The fourth-order valence-corrected chi connectivity index (χ4v) is 8.52. The van der Waals surface area contributed by atoms with Crippen LogP contribution in [0, 0.1) is 23.5 Å². The van der Waals surface area contributed by atoms with E-state index in [1.807, 2.05) is 0 Å². The molecule has 23 heteroatoms. The van der Waals surface area contributed by atoms with E-state index in [1.54, 1.807) is 0 Å². The second-order valence-electron chi connectivity index (χ2n) is 15.5. The molecule has 2 aliphatic carbocycles. The third kappa shape index (κ3) is 10.6. The number of hydrogen-bond acceptors (Lipinski definition) is 9. The van der Waals surface area contributed by atoms with E-state index >= 15 is 0 Å². The predicted molar refractivity (Wildman–Crippen MR) is 220 cm³/mol. The zero-order valence-electron chi connectivity index (χ0n) is 33.4. The summed E-state index contributed by atoms with van der Waals surface area (Å²) >= 11 is 6.60. The summed E-state index contributed by atoms with van der Waals surface area (Å²) in [6.07, 6.45) is -6.70. The number of rotatable bonds is 14. The number of alkyl halides is 6. The van der Waals surface area contributed by atoms with Gasteiger partial charge in [-0.05, 0) is 81.3 Å². The van der Waals surface area contributed by atoms with E-state index < -0.39 is 122 Å².